The largest absolute Gasteiger partial charge is 0.360 e. The van der Waals surface area contributed by atoms with Crippen LogP contribution in [0.2, 0.25) is 0 Å². The van der Waals surface area contributed by atoms with Gasteiger partial charge in [0.1, 0.15) is 0 Å². The van der Waals surface area contributed by atoms with Crippen molar-refractivity contribution in [3.8, 4) is 0 Å². The molecule has 20 heavy (non-hydrogen) atoms. The number of aromatic amines is 1. The molecule has 0 saturated heterocycles. The SMILES string of the molecule is Cc1cc(C(=O)c2c[nH]c3ccccc3c2=O)ccn1. The van der Waals surface area contributed by atoms with Gasteiger partial charge in [0.25, 0.3) is 0 Å². The van der Waals surface area contributed by atoms with Gasteiger partial charge in [-0.1, -0.05) is 12.1 Å². The highest BCUT2D eigenvalue weighted by atomic mass is 16.1. The van der Waals surface area contributed by atoms with E-state index in [4.69, 9.17) is 0 Å². The Bertz CT molecular complexity index is 865. The number of pyridine rings is 2. The number of ketones is 1. The summed E-state index contributed by atoms with van der Waals surface area (Å²) in [7, 11) is 0. The molecule has 0 aliphatic carbocycles. The molecule has 0 saturated carbocycles. The third-order valence-corrected chi connectivity index (χ3v) is 3.19. The zero-order valence-electron chi connectivity index (χ0n) is 10.9. The second-order valence-electron chi connectivity index (χ2n) is 4.59. The maximum Gasteiger partial charge on any atom is 0.200 e. The van der Waals surface area contributed by atoms with Crippen molar-refractivity contribution in [2.24, 2.45) is 0 Å². The van der Waals surface area contributed by atoms with Crippen LogP contribution < -0.4 is 5.43 Å². The van der Waals surface area contributed by atoms with Crippen LogP contribution in [-0.4, -0.2) is 15.8 Å². The fraction of sp³-hybridized carbons (Fsp3) is 0.0625. The molecule has 1 aromatic carbocycles. The number of rotatable bonds is 2. The third-order valence-electron chi connectivity index (χ3n) is 3.19. The molecule has 0 aliphatic heterocycles. The number of aryl methyl sites for hydroxylation is 1. The number of H-pyrrole nitrogens is 1. The Morgan fingerprint density at radius 3 is 2.80 bits per heavy atom. The van der Waals surface area contributed by atoms with E-state index in [0.717, 1.165) is 11.2 Å². The molecule has 3 aromatic rings. The van der Waals surface area contributed by atoms with Crippen molar-refractivity contribution in [2.75, 3.05) is 0 Å². The van der Waals surface area contributed by atoms with Crippen molar-refractivity contribution < 1.29 is 4.79 Å². The number of para-hydroxylation sites is 1. The van der Waals surface area contributed by atoms with Crippen molar-refractivity contribution in [3.05, 3.63) is 75.8 Å². The van der Waals surface area contributed by atoms with Gasteiger partial charge in [-0.3, -0.25) is 14.6 Å². The zero-order valence-corrected chi connectivity index (χ0v) is 10.9. The Hall–Kier alpha value is -2.75. The molecule has 0 fully saturated rings. The molecule has 4 heteroatoms. The number of fused-ring (bicyclic) bond motifs is 1. The fourth-order valence-electron chi connectivity index (χ4n) is 2.18. The van der Waals surface area contributed by atoms with Crippen molar-refractivity contribution in [1.82, 2.24) is 9.97 Å². The molecule has 0 atom stereocenters. The van der Waals surface area contributed by atoms with Crippen LogP contribution in [-0.2, 0) is 0 Å². The highest BCUT2D eigenvalue weighted by Gasteiger charge is 2.15. The zero-order chi connectivity index (χ0) is 14.1. The smallest absolute Gasteiger partial charge is 0.200 e. The summed E-state index contributed by atoms with van der Waals surface area (Å²) >= 11 is 0. The fourth-order valence-corrected chi connectivity index (χ4v) is 2.18. The molecule has 2 heterocycles. The number of carbonyl (C=O) groups is 1. The maximum atomic E-state index is 12.4. The standard InChI is InChI=1S/C16H12N2O2/c1-10-8-11(6-7-17-10)15(19)13-9-18-14-5-3-2-4-12(14)16(13)20/h2-9H,1H3,(H,18,20). The number of nitrogens with one attached hydrogen (secondary N) is 1. The van der Waals surface area contributed by atoms with Crippen molar-refractivity contribution in [1.29, 1.82) is 0 Å². The minimum absolute atomic E-state index is 0.148. The molecule has 0 radical (unpaired) electrons. The van der Waals surface area contributed by atoms with Crippen LogP contribution in [0.4, 0.5) is 0 Å². The van der Waals surface area contributed by atoms with Crippen molar-refractivity contribution >= 4 is 16.7 Å². The predicted octanol–water partition coefficient (Wildman–Crippen LogP) is 2.46. The van der Waals surface area contributed by atoms with E-state index in [1.807, 2.05) is 12.1 Å². The lowest BCUT2D eigenvalue weighted by atomic mass is 10.0. The summed E-state index contributed by atoms with van der Waals surface area (Å²) in [5.41, 5.74) is 1.83. The summed E-state index contributed by atoms with van der Waals surface area (Å²) in [6.07, 6.45) is 3.04. The van der Waals surface area contributed by atoms with Gasteiger partial charge in [0.05, 0.1) is 5.56 Å². The van der Waals surface area contributed by atoms with Crippen LogP contribution in [0, 0.1) is 6.92 Å². The summed E-state index contributed by atoms with van der Waals surface area (Å²) in [5, 5.41) is 0.518. The highest BCUT2D eigenvalue weighted by Crippen LogP contribution is 2.11. The lowest BCUT2D eigenvalue weighted by Gasteiger charge is -2.03. The van der Waals surface area contributed by atoms with Crippen LogP contribution in [0.3, 0.4) is 0 Å². The lowest BCUT2D eigenvalue weighted by Crippen LogP contribution is -2.16. The topological polar surface area (TPSA) is 62.8 Å². The Labute approximate surface area is 115 Å². The predicted molar refractivity (Wildman–Crippen MR) is 77.0 cm³/mol. The first-order chi connectivity index (χ1) is 9.66. The number of carbonyl (C=O) groups excluding carboxylic acids is 1. The molecule has 0 unspecified atom stereocenters. The Morgan fingerprint density at radius 2 is 2.00 bits per heavy atom. The Morgan fingerprint density at radius 1 is 1.20 bits per heavy atom. The summed E-state index contributed by atoms with van der Waals surface area (Å²) in [5.74, 6) is -0.289. The second kappa shape index (κ2) is 4.74. The van der Waals surface area contributed by atoms with Gasteiger partial charge in [-0.15, -0.1) is 0 Å². The summed E-state index contributed by atoms with van der Waals surface area (Å²) < 4.78 is 0. The molecule has 0 bridgehead atoms. The number of hydrogen-bond donors (Lipinski definition) is 1. The molecule has 2 aromatic heterocycles. The Balaban J connectivity index is 2.18. The van der Waals surface area contributed by atoms with E-state index in [0.29, 0.717) is 10.9 Å². The van der Waals surface area contributed by atoms with Gasteiger partial charge < -0.3 is 4.98 Å². The minimum Gasteiger partial charge on any atom is -0.360 e. The number of hydrogen-bond acceptors (Lipinski definition) is 3. The van der Waals surface area contributed by atoms with Gasteiger partial charge >= 0.3 is 0 Å². The summed E-state index contributed by atoms with van der Waals surface area (Å²) in [6, 6.07) is 10.4. The molecule has 1 N–H and O–H groups in total. The van der Waals surface area contributed by atoms with E-state index in [9.17, 15) is 9.59 Å². The van der Waals surface area contributed by atoms with Crippen molar-refractivity contribution in [3.63, 3.8) is 0 Å². The first kappa shape index (κ1) is 12.3. The van der Waals surface area contributed by atoms with Gasteiger partial charge in [0.15, 0.2) is 5.78 Å². The van der Waals surface area contributed by atoms with E-state index in [-0.39, 0.29) is 16.8 Å². The van der Waals surface area contributed by atoms with Crippen LogP contribution in [0.15, 0.2) is 53.6 Å². The van der Waals surface area contributed by atoms with Gasteiger partial charge in [0.2, 0.25) is 5.43 Å². The van der Waals surface area contributed by atoms with E-state index in [1.54, 1.807) is 37.4 Å². The molecule has 4 nitrogen and oxygen atoms in total. The van der Waals surface area contributed by atoms with E-state index in [1.165, 1.54) is 6.20 Å². The normalized spacial score (nSPS) is 10.7. The number of aromatic nitrogens is 2. The van der Waals surface area contributed by atoms with E-state index < -0.39 is 0 Å². The number of benzene rings is 1. The second-order valence-corrected chi connectivity index (χ2v) is 4.59. The van der Waals surface area contributed by atoms with E-state index >= 15 is 0 Å². The van der Waals surface area contributed by atoms with Crippen LogP contribution in [0.5, 0.6) is 0 Å². The highest BCUT2D eigenvalue weighted by molar-refractivity contribution is 6.10. The van der Waals surface area contributed by atoms with Gasteiger partial charge in [-0.2, -0.15) is 0 Å². The van der Waals surface area contributed by atoms with E-state index in [2.05, 4.69) is 9.97 Å². The number of nitrogens with zero attached hydrogens (tertiary/aromatic N) is 1. The minimum atomic E-state index is -0.289. The quantitative estimate of drug-likeness (QED) is 0.723. The molecule has 98 valence electrons. The van der Waals surface area contributed by atoms with Gasteiger partial charge in [-0.05, 0) is 31.2 Å². The summed E-state index contributed by atoms with van der Waals surface area (Å²) in [4.78, 5) is 31.8. The first-order valence-corrected chi connectivity index (χ1v) is 6.24. The van der Waals surface area contributed by atoms with Crippen LogP contribution in [0.25, 0.3) is 10.9 Å². The van der Waals surface area contributed by atoms with Gasteiger partial charge in [0, 0.05) is 34.6 Å². The summed E-state index contributed by atoms with van der Waals surface area (Å²) in [6.45, 7) is 1.81. The third kappa shape index (κ3) is 2.01. The molecular weight excluding hydrogens is 252 g/mol. The monoisotopic (exact) mass is 264 g/mol. The van der Waals surface area contributed by atoms with Gasteiger partial charge in [-0.25, -0.2) is 0 Å². The molecular formula is C16H12N2O2. The molecule has 0 spiro atoms. The Kier molecular flexibility index (Phi) is 2.91. The maximum absolute atomic E-state index is 12.4. The molecule has 0 amide bonds. The lowest BCUT2D eigenvalue weighted by molar-refractivity contribution is 0.103. The van der Waals surface area contributed by atoms with Crippen LogP contribution >= 0.6 is 0 Å². The van der Waals surface area contributed by atoms with Crippen molar-refractivity contribution in [2.45, 2.75) is 6.92 Å². The van der Waals surface area contributed by atoms with Crippen LogP contribution in [0.1, 0.15) is 21.6 Å². The first-order valence-electron chi connectivity index (χ1n) is 6.24. The average Bonchev–Trinajstić information content (AvgIpc) is 2.47. The average molecular weight is 264 g/mol. The molecule has 0 aliphatic rings. The molecule has 3 rings (SSSR count).